The fourth-order valence-electron chi connectivity index (χ4n) is 4.88. The van der Waals surface area contributed by atoms with E-state index in [0.717, 1.165) is 16.7 Å². The summed E-state index contributed by atoms with van der Waals surface area (Å²) in [5.41, 5.74) is 7.14. The van der Waals surface area contributed by atoms with Crippen LogP contribution in [0.3, 0.4) is 0 Å². The smallest absolute Gasteiger partial charge is 0.404 e. The van der Waals surface area contributed by atoms with Crippen molar-refractivity contribution < 1.29 is 19.4 Å². The Balaban J connectivity index is 1.73. The summed E-state index contributed by atoms with van der Waals surface area (Å²) < 4.78 is 6.84. The Bertz CT molecular complexity index is 1350. The quantitative estimate of drug-likeness (QED) is 0.203. The molecule has 0 saturated heterocycles. The van der Waals surface area contributed by atoms with E-state index >= 15 is 0 Å². The lowest BCUT2D eigenvalue weighted by Crippen LogP contribution is -2.40. The first-order valence-corrected chi connectivity index (χ1v) is 13.4. The molecule has 4 rings (SSSR count). The fraction of sp³-hybridized carbons (Fsp3) is 0.281. The third kappa shape index (κ3) is 6.58. The molecule has 0 aliphatic carbocycles. The van der Waals surface area contributed by atoms with Crippen molar-refractivity contribution in [3.63, 3.8) is 0 Å². The number of nitrogens with two attached hydrogens (primary N) is 1. The van der Waals surface area contributed by atoms with Gasteiger partial charge in [0.1, 0.15) is 29.3 Å². The number of aliphatic hydroxyl groups excluding tert-OH is 1. The molecule has 1 heterocycles. The Morgan fingerprint density at radius 2 is 1.37 bits per heavy atom. The summed E-state index contributed by atoms with van der Waals surface area (Å²) in [6, 6.07) is 30.1. The highest BCUT2D eigenvalue weighted by Crippen LogP contribution is 2.41. The number of carbonyl (C=O) groups excluding carboxylic acids is 2. The number of hydrogen-bond donors (Lipinski definition) is 4. The van der Waals surface area contributed by atoms with Gasteiger partial charge >= 0.3 is 6.09 Å². The van der Waals surface area contributed by atoms with Gasteiger partial charge in [-0.25, -0.2) is 4.79 Å². The number of aromatic nitrogens is 2. The second-order valence-electron chi connectivity index (χ2n) is 11.0. The van der Waals surface area contributed by atoms with Crippen LogP contribution in [0.5, 0.6) is 0 Å². The first-order chi connectivity index (χ1) is 19.5. The molecular weight excluding hydrogens is 518 g/mol. The minimum Gasteiger partial charge on any atom is -0.446 e. The zero-order chi connectivity index (χ0) is 29.6. The molecule has 2 amide bonds. The fourth-order valence-corrected chi connectivity index (χ4v) is 4.88. The van der Waals surface area contributed by atoms with E-state index in [1.165, 1.54) is 6.20 Å². The maximum absolute atomic E-state index is 13.2. The van der Waals surface area contributed by atoms with Crippen molar-refractivity contribution in [2.45, 2.75) is 44.9 Å². The van der Waals surface area contributed by atoms with Gasteiger partial charge in [0.15, 0.2) is 0 Å². The van der Waals surface area contributed by atoms with E-state index in [-0.39, 0.29) is 6.42 Å². The molecule has 41 heavy (non-hydrogen) atoms. The van der Waals surface area contributed by atoms with Crippen LogP contribution in [0.2, 0.25) is 0 Å². The molecule has 9 nitrogen and oxygen atoms in total. The number of hydrogen-bond acceptors (Lipinski definition) is 6. The van der Waals surface area contributed by atoms with Crippen LogP contribution in [0, 0.1) is 5.41 Å². The Hall–Kier alpha value is -4.63. The molecule has 0 fully saturated rings. The molecule has 2 atom stereocenters. The van der Waals surface area contributed by atoms with Gasteiger partial charge in [-0.1, -0.05) is 112 Å². The number of aryl methyl sites for hydroxylation is 1. The number of benzene rings is 3. The zero-order valence-corrected chi connectivity index (χ0v) is 23.7. The standard InChI is InChI=1S/C32H37N5O4/c1-31(2,3)27(41-30(33)40)20-26(38)29(39)35-25-21-34-37(4)28(25)36-32(22-14-8-5-9-15-22,23-16-10-6-11-17-23)24-18-12-7-13-19-24/h5-19,21,26-27,36,38H,20H2,1-4H3,(H2,33,40)(H,35,39)/t26-,27?/m0/s1. The minimum absolute atomic E-state index is 0.122. The van der Waals surface area contributed by atoms with Crippen LogP contribution in [0.25, 0.3) is 0 Å². The molecule has 1 unspecified atom stereocenters. The molecule has 0 bridgehead atoms. The predicted octanol–water partition coefficient (Wildman–Crippen LogP) is 5.02. The lowest BCUT2D eigenvalue weighted by molar-refractivity contribution is -0.126. The van der Waals surface area contributed by atoms with Crippen LogP contribution < -0.4 is 16.4 Å². The SMILES string of the molecule is Cn1ncc(NC(=O)[C@@H](O)CC(OC(N)=O)C(C)(C)C)c1NC(c1ccccc1)(c1ccccc1)c1ccccc1. The summed E-state index contributed by atoms with van der Waals surface area (Å²) in [5.74, 6) is -0.129. The van der Waals surface area contributed by atoms with Gasteiger partial charge < -0.3 is 26.2 Å². The Kier molecular flexibility index (Phi) is 8.78. The normalized spacial score (nSPS) is 13.2. The van der Waals surface area contributed by atoms with E-state index in [9.17, 15) is 14.7 Å². The number of nitrogens with one attached hydrogen (secondary N) is 2. The van der Waals surface area contributed by atoms with Crippen LogP contribution in [0.4, 0.5) is 16.3 Å². The maximum Gasteiger partial charge on any atom is 0.404 e. The molecule has 0 saturated carbocycles. The number of nitrogens with zero attached hydrogens (tertiary/aromatic N) is 2. The number of primary amides is 1. The third-order valence-corrected chi connectivity index (χ3v) is 7.09. The highest BCUT2D eigenvalue weighted by molar-refractivity contribution is 5.96. The molecular formula is C32H37N5O4. The molecule has 1 aromatic heterocycles. The largest absolute Gasteiger partial charge is 0.446 e. The van der Waals surface area contributed by atoms with Gasteiger partial charge in [0.2, 0.25) is 0 Å². The van der Waals surface area contributed by atoms with Crippen LogP contribution in [0.15, 0.2) is 97.2 Å². The number of ether oxygens (including phenoxy) is 1. The van der Waals surface area contributed by atoms with E-state index < -0.39 is 35.2 Å². The Morgan fingerprint density at radius 3 is 1.78 bits per heavy atom. The Labute approximate surface area is 240 Å². The summed E-state index contributed by atoms with van der Waals surface area (Å²) in [6.45, 7) is 5.51. The van der Waals surface area contributed by atoms with Crippen molar-refractivity contribution in [3.05, 3.63) is 114 Å². The summed E-state index contributed by atoms with van der Waals surface area (Å²) in [7, 11) is 1.77. The third-order valence-electron chi connectivity index (χ3n) is 7.09. The summed E-state index contributed by atoms with van der Waals surface area (Å²) in [5, 5.41) is 21.7. The minimum atomic E-state index is -1.46. The van der Waals surface area contributed by atoms with Crippen molar-refractivity contribution >= 4 is 23.5 Å². The van der Waals surface area contributed by atoms with Gasteiger partial charge in [0.05, 0.1) is 6.20 Å². The van der Waals surface area contributed by atoms with Gasteiger partial charge in [-0.15, -0.1) is 0 Å². The molecule has 0 radical (unpaired) electrons. The van der Waals surface area contributed by atoms with Crippen LogP contribution in [-0.2, 0) is 22.1 Å². The Morgan fingerprint density at radius 1 is 0.902 bits per heavy atom. The van der Waals surface area contributed by atoms with Crippen molar-refractivity contribution in [2.24, 2.45) is 18.2 Å². The molecule has 4 aromatic rings. The molecule has 0 spiro atoms. The van der Waals surface area contributed by atoms with Gasteiger partial charge in [-0.2, -0.15) is 5.10 Å². The first kappa shape index (κ1) is 29.4. The number of carbonyl (C=O) groups is 2. The van der Waals surface area contributed by atoms with Gasteiger partial charge in [0.25, 0.3) is 5.91 Å². The molecule has 0 aliphatic rings. The number of aliphatic hydroxyl groups is 1. The van der Waals surface area contributed by atoms with Crippen molar-refractivity contribution in [3.8, 4) is 0 Å². The zero-order valence-electron chi connectivity index (χ0n) is 23.7. The lowest BCUT2D eigenvalue weighted by atomic mass is 9.77. The van der Waals surface area contributed by atoms with Crippen LogP contribution >= 0.6 is 0 Å². The van der Waals surface area contributed by atoms with Gasteiger partial charge in [-0.05, 0) is 22.1 Å². The van der Waals surface area contributed by atoms with Gasteiger partial charge in [-0.3, -0.25) is 9.48 Å². The van der Waals surface area contributed by atoms with E-state index in [1.807, 2.05) is 75.4 Å². The molecule has 0 aliphatic heterocycles. The monoisotopic (exact) mass is 555 g/mol. The van der Waals surface area contributed by atoms with Gasteiger partial charge in [0, 0.05) is 13.5 Å². The molecule has 214 valence electrons. The van der Waals surface area contributed by atoms with E-state index in [0.29, 0.717) is 11.5 Å². The average Bonchev–Trinajstić information content (AvgIpc) is 3.29. The maximum atomic E-state index is 13.2. The highest BCUT2D eigenvalue weighted by Gasteiger charge is 2.38. The van der Waals surface area contributed by atoms with Crippen molar-refractivity contribution in [1.29, 1.82) is 0 Å². The summed E-state index contributed by atoms with van der Waals surface area (Å²) >= 11 is 0. The summed E-state index contributed by atoms with van der Waals surface area (Å²) in [4.78, 5) is 24.6. The summed E-state index contributed by atoms with van der Waals surface area (Å²) in [6.07, 6.45) is -1.79. The number of amides is 2. The molecule has 9 heteroatoms. The number of anilines is 2. The highest BCUT2D eigenvalue weighted by atomic mass is 16.6. The van der Waals surface area contributed by atoms with Crippen molar-refractivity contribution in [1.82, 2.24) is 9.78 Å². The van der Waals surface area contributed by atoms with E-state index in [2.05, 4.69) is 52.1 Å². The second-order valence-corrected chi connectivity index (χ2v) is 11.0. The lowest BCUT2D eigenvalue weighted by Gasteiger charge is -2.38. The van der Waals surface area contributed by atoms with Crippen LogP contribution in [0.1, 0.15) is 43.9 Å². The molecule has 3 aromatic carbocycles. The topological polar surface area (TPSA) is 132 Å². The van der Waals surface area contributed by atoms with E-state index in [1.54, 1.807) is 11.7 Å². The van der Waals surface area contributed by atoms with E-state index in [4.69, 9.17) is 10.5 Å². The predicted molar refractivity (Wildman–Crippen MR) is 159 cm³/mol. The molecule has 5 N–H and O–H groups in total. The number of rotatable bonds is 10. The van der Waals surface area contributed by atoms with Crippen molar-refractivity contribution in [2.75, 3.05) is 10.6 Å². The first-order valence-electron chi connectivity index (χ1n) is 13.4. The van der Waals surface area contributed by atoms with Crippen LogP contribution in [-0.4, -0.2) is 39.1 Å². The average molecular weight is 556 g/mol. The second kappa shape index (κ2) is 12.3.